The molecule has 234 valence electrons. The first kappa shape index (κ1) is 32.3. The zero-order valence-corrected chi connectivity index (χ0v) is 25.9. The number of carbonyl (C=O) groups excluding carboxylic acids is 1. The Balaban J connectivity index is 1.38. The number of aryl methyl sites for hydroxylation is 1. The Morgan fingerprint density at radius 2 is 1.68 bits per heavy atom. The van der Waals surface area contributed by atoms with Crippen LogP contribution in [0.1, 0.15) is 58.8 Å². The van der Waals surface area contributed by atoms with Crippen molar-refractivity contribution in [2.75, 3.05) is 31.6 Å². The minimum Gasteiger partial charge on any atom is -0.497 e. The zero-order valence-electron chi connectivity index (χ0n) is 25.9. The molecule has 12 nitrogen and oxygen atoms in total. The van der Waals surface area contributed by atoms with Crippen molar-refractivity contribution in [3.05, 3.63) is 96.8 Å². The molecule has 0 saturated carbocycles. The zero-order chi connectivity index (χ0) is 32.0. The molecule has 3 aromatic rings. The van der Waals surface area contributed by atoms with Crippen LogP contribution in [0.5, 0.6) is 5.75 Å². The Kier molecular flexibility index (Phi) is 10.5. The van der Waals surface area contributed by atoms with Crippen LogP contribution in [0.2, 0.25) is 0 Å². The third kappa shape index (κ3) is 7.31. The molecule has 1 amide bonds. The van der Waals surface area contributed by atoms with Crippen LogP contribution in [-0.4, -0.2) is 64.5 Å². The summed E-state index contributed by atoms with van der Waals surface area (Å²) < 4.78 is 5.37. The molecule has 1 aliphatic rings. The molecular formula is C32H40N6O6. The smallest absolute Gasteiger partial charge is 0.279 e. The highest BCUT2D eigenvalue weighted by Gasteiger charge is 2.30. The summed E-state index contributed by atoms with van der Waals surface area (Å²) in [5.41, 5.74) is 2.88. The molecule has 0 bridgehead atoms. The number of likely N-dealkylation sites (tertiary alicyclic amines) is 1. The predicted molar refractivity (Wildman–Crippen MR) is 168 cm³/mol. The number of nitrogens with zero attached hydrogens (tertiary/aromatic N) is 5. The van der Waals surface area contributed by atoms with E-state index in [1.807, 2.05) is 30.6 Å². The third-order valence-corrected chi connectivity index (χ3v) is 8.72. The highest BCUT2D eigenvalue weighted by Crippen LogP contribution is 2.33. The minimum absolute atomic E-state index is 0.0122. The van der Waals surface area contributed by atoms with Gasteiger partial charge in [0, 0.05) is 67.5 Å². The lowest BCUT2D eigenvalue weighted by molar-refractivity contribution is -0.394. The monoisotopic (exact) mass is 604 g/mol. The van der Waals surface area contributed by atoms with E-state index in [2.05, 4.69) is 46.1 Å². The number of pyridine rings is 1. The fraction of sp³-hybridized carbons (Fsp3) is 0.438. The number of rotatable bonds is 12. The lowest BCUT2D eigenvalue weighted by Gasteiger charge is -2.42. The standard InChI is InChI=1S/C32H40N6O6/c1-21-10-14-33-19-25(21)20-36(26-6-8-28(44-5)9-7-26)27-12-16-35(17-13-27)22(2)11-15-34-32(39)31-23(3)29(37(40)41)18-30(24(31)4)38(42)43/h6-10,14,18-19,22,27H,11-13,15-17,20H2,1-5H3,(H,34,39). The molecule has 12 heteroatoms. The molecule has 2 heterocycles. The van der Waals surface area contributed by atoms with Crippen LogP contribution in [0.15, 0.2) is 48.8 Å². The van der Waals surface area contributed by atoms with Gasteiger partial charge in [-0.05, 0) is 88.4 Å². The van der Waals surface area contributed by atoms with Gasteiger partial charge in [-0.1, -0.05) is 0 Å². The topological polar surface area (TPSA) is 144 Å². The van der Waals surface area contributed by atoms with E-state index < -0.39 is 27.1 Å². The number of nitrogens with one attached hydrogen (secondary N) is 1. The van der Waals surface area contributed by atoms with Crippen molar-refractivity contribution in [3.63, 3.8) is 0 Å². The summed E-state index contributed by atoms with van der Waals surface area (Å²) in [6.45, 7) is 10.0. The second-order valence-corrected chi connectivity index (χ2v) is 11.3. The van der Waals surface area contributed by atoms with E-state index >= 15 is 0 Å². The molecule has 1 unspecified atom stereocenters. The van der Waals surface area contributed by atoms with E-state index in [1.165, 1.54) is 25.0 Å². The molecule has 4 rings (SSSR count). The molecule has 0 radical (unpaired) electrons. The van der Waals surface area contributed by atoms with Gasteiger partial charge >= 0.3 is 0 Å². The van der Waals surface area contributed by atoms with Gasteiger partial charge in [0.15, 0.2) is 0 Å². The van der Waals surface area contributed by atoms with Gasteiger partial charge in [0.2, 0.25) is 0 Å². The van der Waals surface area contributed by atoms with E-state index in [4.69, 9.17) is 4.74 Å². The van der Waals surface area contributed by atoms with Gasteiger partial charge in [-0.2, -0.15) is 0 Å². The molecule has 44 heavy (non-hydrogen) atoms. The normalized spacial score (nSPS) is 14.6. The molecule has 1 aromatic heterocycles. The number of benzene rings is 2. The average molecular weight is 605 g/mol. The number of nitro benzene ring substituents is 2. The van der Waals surface area contributed by atoms with E-state index in [-0.39, 0.29) is 22.7 Å². The fourth-order valence-electron chi connectivity index (χ4n) is 5.96. The van der Waals surface area contributed by atoms with Crippen molar-refractivity contribution in [2.45, 2.75) is 65.6 Å². The van der Waals surface area contributed by atoms with Gasteiger partial charge in [-0.15, -0.1) is 0 Å². The van der Waals surface area contributed by atoms with Gasteiger partial charge in [-0.3, -0.25) is 30.0 Å². The van der Waals surface area contributed by atoms with Crippen LogP contribution in [0.3, 0.4) is 0 Å². The van der Waals surface area contributed by atoms with Crippen molar-refractivity contribution in [2.24, 2.45) is 0 Å². The molecule has 1 fully saturated rings. The van der Waals surface area contributed by atoms with Crippen LogP contribution in [-0.2, 0) is 6.54 Å². The number of piperidine rings is 1. The number of hydrogen-bond acceptors (Lipinski definition) is 9. The number of anilines is 1. The van der Waals surface area contributed by atoms with E-state index in [0.29, 0.717) is 19.0 Å². The van der Waals surface area contributed by atoms with Gasteiger partial charge in [0.1, 0.15) is 5.75 Å². The number of carbonyl (C=O) groups is 1. The first-order valence-corrected chi connectivity index (χ1v) is 14.8. The Labute approximate surface area is 257 Å². The summed E-state index contributed by atoms with van der Waals surface area (Å²) in [5.74, 6) is 0.273. The summed E-state index contributed by atoms with van der Waals surface area (Å²) in [7, 11) is 1.66. The summed E-state index contributed by atoms with van der Waals surface area (Å²) in [6, 6.07) is 11.6. The quantitative estimate of drug-likeness (QED) is 0.209. The molecule has 2 aromatic carbocycles. The maximum atomic E-state index is 13.1. The van der Waals surface area contributed by atoms with Crippen LogP contribution in [0, 0.1) is 41.0 Å². The van der Waals surface area contributed by atoms with Crippen LogP contribution in [0.4, 0.5) is 17.1 Å². The van der Waals surface area contributed by atoms with E-state index in [0.717, 1.165) is 50.0 Å². The average Bonchev–Trinajstić information content (AvgIpc) is 3.00. The Hall–Kier alpha value is -4.58. The number of hydrogen-bond donors (Lipinski definition) is 1. The maximum absolute atomic E-state index is 13.1. The lowest BCUT2D eigenvalue weighted by Crippen LogP contribution is -2.48. The third-order valence-electron chi connectivity index (χ3n) is 8.72. The number of nitro groups is 2. The molecule has 1 saturated heterocycles. The largest absolute Gasteiger partial charge is 0.497 e. The molecule has 0 spiro atoms. The van der Waals surface area contributed by atoms with Crippen molar-refractivity contribution in [1.82, 2.24) is 15.2 Å². The lowest BCUT2D eigenvalue weighted by atomic mass is 9.98. The highest BCUT2D eigenvalue weighted by atomic mass is 16.6. The summed E-state index contributed by atoms with van der Waals surface area (Å²) in [4.78, 5) is 43.8. The minimum atomic E-state index is -0.697. The van der Waals surface area contributed by atoms with Crippen LogP contribution in [0.25, 0.3) is 0 Å². The van der Waals surface area contributed by atoms with Gasteiger partial charge in [0.25, 0.3) is 17.3 Å². The molecular weight excluding hydrogens is 564 g/mol. The van der Waals surface area contributed by atoms with Gasteiger partial charge < -0.3 is 19.9 Å². The number of amides is 1. The summed E-state index contributed by atoms with van der Waals surface area (Å²) in [5, 5.41) is 25.8. The van der Waals surface area contributed by atoms with E-state index in [9.17, 15) is 25.0 Å². The Morgan fingerprint density at radius 1 is 1.07 bits per heavy atom. The van der Waals surface area contributed by atoms with Crippen molar-refractivity contribution in [3.8, 4) is 5.75 Å². The second kappa shape index (κ2) is 14.3. The van der Waals surface area contributed by atoms with Gasteiger partial charge in [-0.25, -0.2) is 0 Å². The fourth-order valence-corrected chi connectivity index (χ4v) is 5.96. The Morgan fingerprint density at radius 3 is 2.23 bits per heavy atom. The number of ether oxygens (including phenoxy) is 1. The van der Waals surface area contributed by atoms with Crippen molar-refractivity contribution in [1.29, 1.82) is 0 Å². The van der Waals surface area contributed by atoms with Crippen molar-refractivity contribution >= 4 is 23.0 Å². The predicted octanol–water partition coefficient (Wildman–Crippen LogP) is 5.51. The SMILES string of the molecule is COc1ccc(N(Cc2cnccc2C)C2CCN(C(C)CCNC(=O)c3c(C)c([N+](=O)[O-])cc([N+](=O)[O-])c3C)CC2)cc1. The molecule has 1 aliphatic heterocycles. The second-order valence-electron chi connectivity index (χ2n) is 11.3. The molecule has 1 atom stereocenters. The highest BCUT2D eigenvalue weighted by molar-refractivity contribution is 5.99. The maximum Gasteiger partial charge on any atom is 0.279 e. The van der Waals surface area contributed by atoms with E-state index in [1.54, 1.807) is 7.11 Å². The van der Waals surface area contributed by atoms with Crippen LogP contribution >= 0.6 is 0 Å². The molecule has 1 N–H and O–H groups in total. The van der Waals surface area contributed by atoms with Gasteiger partial charge in [0.05, 0.1) is 28.6 Å². The summed E-state index contributed by atoms with van der Waals surface area (Å²) >= 11 is 0. The summed E-state index contributed by atoms with van der Waals surface area (Å²) in [6.07, 6.45) is 6.36. The first-order valence-electron chi connectivity index (χ1n) is 14.8. The molecule has 0 aliphatic carbocycles. The Bertz CT molecular complexity index is 1470. The number of aromatic nitrogens is 1. The van der Waals surface area contributed by atoms with Crippen molar-refractivity contribution < 1.29 is 19.4 Å². The van der Waals surface area contributed by atoms with Crippen LogP contribution < -0.4 is 15.0 Å². The number of methoxy groups -OCH3 is 1. The first-order chi connectivity index (χ1) is 21.0.